The van der Waals surface area contributed by atoms with Gasteiger partial charge in [-0.1, -0.05) is 0 Å². The molecule has 5 nitrogen and oxygen atoms in total. The van der Waals surface area contributed by atoms with E-state index in [-0.39, 0.29) is 18.3 Å². The SMILES string of the molecule is O=S(=O)(O)CCN1CC[C@@H](CO)C1. The van der Waals surface area contributed by atoms with Crippen molar-refractivity contribution < 1.29 is 18.1 Å². The highest BCUT2D eigenvalue weighted by molar-refractivity contribution is 7.85. The van der Waals surface area contributed by atoms with Crippen LogP contribution in [0.3, 0.4) is 0 Å². The molecule has 0 unspecified atom stereocenters. The zero-order valence-electron chi connectivity index (χ0n) is 7.39. The fourth-order valence-corrected chi connectivity index (χ4v) is 2.00. The molecule has 0 amide bonds. The topological polar surface area (TPSA) is 77.8 Å². The average Bonchev–Trinajstić information content (AvgIpc) is 2.47. The summed E-state index contributed by atoms with van der Waals surface area (Å²) in [6, 6.07) is 0. The molecule has 0 radical (unpaired) electrons. The van der Waals surface area contributed by atoms with E-state index < -0.39 is 10.1 Å². The lowest BCUT2D eigenvalue weighted by molar-refractivity contribution is 0.223. The van der Waals surface area contributed by atoms with Gasteiger partial charge in [-0.05, 0) is 18.9 Å². The molecule has 1 aliphatic heterocycles. The Hall–Kier alpha value is -0.170. The predicted octanol–water partition coefficient (Wildman–Crippen LogP) is -0.812. The molecule has 0 saturated carbocycles. The first kappa shape index (κ1) is 10.9. The summed E-state index contributed by atoms with van der Waals surface area (Å²) in [5.74, 6) is 0.0481. The van der Waals surface area contributed by atoms with E-state index >= 15 is 0 Å². The molecule has 0 aromatic carbocycles. The fourth-order valence-electron chi connectivity index (χ4n) is 1.51. The summed E-state index contributed by atoms with van der Waals surface area (Å²) in [5.41, 5.74) is 0. The van der Waals surface area contributed by atoms with Gasteiger partial charge >= 0.3 is 0 Å². The average molecular weight is 209 g/mol. The van der Waals surface area contributed by atoms with Crippen molar-refractivity contribution in [3.8, 4) is 0 Å². The van der Waals surface area contributed by atoms with Crippen LogP contribution in [0.1, 0.15) is 6.42 Å². The van der Waals surface area contributed by atoms with Crippen molar-refractivity contribution >= 4 is 10.1 Å². The van der Waals surface area contributed by atoms with Crippen LogP contribution in [0.5, 0.6) is 0 Å². The van der Waals surface area contributed by atoms with E-state index in [0.29, 0.717) is 6.54 Å². The Bertz CT molecular complexity index is 251. The molecule has 0 aromatic heterocycles. The highest BCUT2D eigenvalue weighted by Gasteiger charge is 2.22. The Balaban J connectivity index is 2.25. The fraction of sp³-hybridized carbons (Fsp3) is 1.00. The van der Waals surface area contributed by atoms with Crippen LogP contribution < -0.4 is 0 Å². The van der Waals surface area contributed by atoms with E-state index in [1.165, 1.54) is 0 Å². The van der Waals surface area contributed by atoms with Gasteiger partial charge in [0.2, 0.25) is 0 Å². The van der Waals surface area contributed by atoms with E-state index in [9.17, 15) is 8.42 Å². The molecule has 0 bridgehead atoms. The summed E-state index contributed by atoms with van der Waals surface area (Å²) in [6.07, 6.45) is 0.905. The summed E-state index contributed by atoms with van der Waals surface area (Å²) in [4.78, 5) is 1.94. The minimum atomic E-state index is -3.84. The molecule has 1 aliphatic rings. The maximum absolute atomic E-state index is 10.4. The van der Waals surface area contributed by atoms with Crippen molar-refractivity contribution in [3.63, 3.8) is 0 Å². The predicted molar refractivity (Wildman–Crippen MR) is 48.0 cm³/mol. The molecule has 2 N–H and O–H groups in total. The maximum atomic E-state index is 10.4. The van der Waals surface area contributed by atoms with Crippen LogP contribution in [0.25, 0.3) is 0 Å². The van der Waals surface area contributed by atoms with Crippen LogP contribution in [0.4, 0.5) is 0 Å². The van der Waals surface area contributed by atoms with E-state index in [1.54, 1.807) is 0 Å². The highest BCUT2D eigenvalue weighted by Crippen LogP contribution is 2.14. The molecule has 1 atom stereocenters. The van der Waals surface area contributed by atoms with E-state index in [4.69, 9.17) is 9.66 Å². The van der Waals surface area contributed by atoms with Crippen molar-refractivity contribution in [2.45, 2.75) is 6.42 Å². The third kappa shape index (κ3) is 4.04. The number of nitrogens with zero attached hydrogens (tertiary/aromatic N) is 1. The zero-order chi connectivity index (χ0) is 9.90. The van der Waals surface area contributed by atoms with Gasteiger partial charge in [-0.25, -0.2) is 0 Å². The standard InChI is InChI=1S/C7H15NO4S/c9-6-7-1-2-8(5-7)3-4-13(10,11)12/h7,9H,1-6H2,(H,10,11,12)/t7-/m1/s1. The summed E-state index contributed by atoms with van der Waals surface area (Å²) in [6.45, 7) is 2.05. The van der Waals surface area contributed by atoms with Gasteiger partial charge in [0.1, 0.15) is 0 Å². The molecule has 6 heteroatoms. The molecule has 1 heterocycles. The minimum Gasteiger partial charge on any atom is -0.396 e. The highest BCUT2D eigenvalue weighted by atomic mass is 32.2. The number of aliphatic hydroxyl groups excluding tert-OH is 1. The summed E-state index contributed by atoms with van der Waals surface area (Å²) >= 11 is 0. The molecule has 1 fully saturated rings. The molecule has 13 heavy (non-hydrogen) atoms. The number of likely N-dealkylation sites (tertiary alicyclic amines) is 1. The van der Waals surface area contributed by atoms with Crippen LogP contribution in [-0.4, -0.2) is 55.0 Å². The van der Waals surface area contributed by atoms with Crippen molar-refractivity contribution in [2.24, 2.45) is 5.92 Å². The van der Waals surface area contributed by atoms with Gasteiger partial charge in [0.15, 0.2) is 0 Å². The third-order valence-electron chi connectivity index (χ3n) is 2.29. The molecular formula is C7H15NO4S. The van der Waals surface area contributed by atoms with E-state index in [0.717, 1.165) is 19.5 Å². The molecule has 0 spiro atoms. The Kier molecular flexibility index (Phi) is 3.66. The maximum Gasteiger partial charge on any atom is 0.266 e. The second-order valence-corrected chi connectivity index (χ2v) is 5.00. The Morgan fingerprint density at radius 3 is 2.62 bits per heavy atom. The lowest BCUT2D eigenvalue weighted by Crippen LogP contribution is -2.27. The number of rotatable bonds is 4. The Labute approximate surface area is 78.1 Å². The third-order valence-corrected chi connectivity index (χ3v) is 2.99. The molecule has 78 valence electrons. The normalized spacial score (nSPS) is 25.2. The van der Waals surface area contributed by atoms with Crippen molar-refractivity contribution in [3.05, 3.63) is 0 Å². The van der Waals surface area contributed by atoms with Crippen LogP contribution in [-0.2, 0) is 10.1 Å². The van der Waals surface area contributed by atoms with Gasteiger partial charge in [0.25, 0.3) is 10.1 Å². The summed E-state index contributed by atoms with van der Waals surface area (Å²) < 4.78 is 29.3. The zero-order valence-corrected chi connectivity index (χ0v) is 8.20. The Morgan fingerprint density at radius 1 is 1.46 bits per heavy atom. The first-order valence-electron chi connectivity index (χ1n) is 4.29. The second-order valence-electron chi connectivity index (χ2n) is 3.42. The van der Waals surface area contributed by atoms with Crippen LogP contribution in [0.15, 0.2) is 0 Å². The van der Waals surface area contributed by atoms with Crippen molar-refractivity contribution in [1.29, 1.82) is 0 Å². The van der Waals surface area contributed by atoms with Gasteiger partial charge in [-0.3, -0.25) is 4.55 Å². The number of aliphatic hydroxyl groups is 1. The van der Waals surface area contributed by atoms with Crippen LogP contribution in [0, 0.1) is 5.92 Å². The lowest BCUT2D eigenvalue weighted by atomic mass is 10.1. The first-order valence-corrected chi connectivity index (χ1v) is 5.90. The molecule has 1 saturated heterocycles. The Morgan fingerprint density at radius 2 is 2.15 bits per heavy atom. The second kappa shape index (κ2) is 4.36. The van der Waals surface area contributed by atoms with Gasteiger partial charge in [0, 0.05) is 19.7 Å². The van der Waals surface area contributed by atoms with Crippen molar-refractivity contribution in [1.82, 2.24) is 4.90 Å². The smallest absolute Gasteiger partial charge is 0.266 e. The van der Waals surface area contributed by atoms with Gasteiger partial charge in [-0.15, -0.1) is 0 Å². The molecular weight excluding hydrogens is 194 g/mol. The van der Waals surface area contributed by atoms with Crippen molar-refractivity contribution in [2.75, 3.05) is 32.0 Å². The van der Waals surface area contributed by atoms with Gasteiger partial charge in [-0.2, -0.15) is 8.42 Å². The molecule has 1 rings (SSSR count). The number of hydrogen-bond acceptors (Lipinski definition) is 4. The quantitative estimate of drug-likeness (QED) is 0.592. The monoisotopic (exact) mass is 209 g/mol. The summed E-state index contributed by atoms with van der Waals surface area (Å²) in [7, 11) is -3.84. The molecule has 0 aromatic rings. The number of hydrogen-bond donors (Lipinski definition) is 2. The van der Waals surface area contributed by atoms with Gasteiger partial charge in [0.05, 0.1) is 5.75 Å². The van der Waals surface area contributed by atoms with E-state index in [2.05, 4.69) is 0 Å². The van der Waals surface area contributed by atoms with Crippen LogP contribution >= 0.6 is 0 Å². The van der Waals surface area contributed by atoms with Gasteiger partial charge < -0.3 is 10.0 Å². The minimum absolute atomic E-state index is 0.155. The first-order chi connectivity index (χ1) is 6.01. The largest absolute Gasteiger partial charge is 0.396 e. The summed E-state index contributed by atoms with van der Waals surface area (Å²) in [5, 5.41) is 8.82. The molecule has 0 aliphatic carbocycles. The lowest BCUT2D eigenvalue weighted by Gasteiger charge is -2.13. The van der Waals surface area contributed by atoms with E-state index in [1.807, 2.05) is 4.90 Å². The van der Waals surface area contributed by atoms with Crippen LogP contribution in [0.2, 0.25) is 0 Å².